The van der Waals surface area contributed by atoms with E-state index in [1.165, 1.54) is 19.2 Å². The van der Waals surface area contributed by atoms with E-state index in [1.807, 2.05) is 0 Å². The first-order valence-corrected chi connectivity index (χ1v) is 6.06. The number of nitrogens with one attached hydrogen (secondary N) is 1. The number of carbonyl (C=O) groups excluding carboxylic acids is 2. The van der Waals surface area contributed by atoms with Crippen LogP contribution in [0.5, 0.6) is 5.75 Å². The van der Waals surface area contributed by atoms with Crippen LogP contribution in [0.25, 0.3) is 0 Å². The van der Waals surface area contributed by atoms with Gasteiger partial charge in [-0.05, 0) is 39.0 Å². The maximum atomic E-state index is 13.1. The van der Waals surface area contributed by atoms with Crippen LogP contribution in [0.2, 0.25) is 0 Å². The van der Waals surface area contributed by atoms with Crippen LogP contribution in [0.15, 0.2) is 18.2 Å². The second-order valence-electron chi connectivity index (χ2n) is 5.11. The molecule has 0 saturated carbocycles. The van der Waals surface area contributed by atoms with E-state index < -0.39 is 23.3 Å². The number of rotatable bonds is 4. The SMILES string of the molecule is COc1ccc(F)cc1C(=O)NCC(=O)OC(C)(C)C. The average Bonchev–Trinajstić information content (AvgIpc) is 2.33. The highest BCUT2D eigenvalue weighted by Gasteiger charge is 2.18. The van der Waals surface area contributed by atoms with Crippen LogP contribution in [-0.2, 0) is 9.53 Å². The van der Waals surface area contributed by atoms with Crippen molar-refractivity contribution in [3.05, 3.63) is 29.6 Å². The molecule has 1 N–H and O–H groups in total. The first-order chi connectivity index (χ1) is 9.23. The number of ether oxygens (including phenoxy) is 2. The number of halogens is 1. The van der Waals surface area contributed by atoms with Gasteiger partial charge < -0.3 is 14.8 Å². The van der Waals surface area contributed by atoms with E-state index >= 15 is 0 Å². The number of benzene rings is 1. The molecule has 1 rings (SSSR count). The van der Waals surface area contributed by atoms with Crippen molar-refractivity contribution in [3.8, 4) is 5.75 Å². The summed E-state index contributed by atoms with van der Waals surface area (Å²) in [6, 6.07) is 3.57. The van der Waals surface area contributed by atoms with Crippen molar-refractivity contribution in [2.75, 3.05) is 13.7 Å². The van der Waals surface area contributed by atoms with E-state index in [1.54, 1.807) is 20.8 Å². The van der Waals surface area contributed by atoms with Gasteiger partial charge in [-0.2, -0.15) is 0 Å². The standard InChI is InChI=1S/C14H18FNO4/c1-14(2,3)20-12(17)8-16-13(18)10-7-9(15)5-6-11(10)19-4/h5-7H,8H2,1-4H3,(H,16,18). The molecule has 0 aliphatic carbocycles. The number of methoxy groups -OCH3 is 1. The largest absolute Gasteiger partial charge is 0.496 e. The van der Waals surface area contributed by atoms with Crippen molar-refractivity contribution in [1.82, 2.24) is 5.32 Å². The van der Waals surface area contributed by atoms with Crippen molar-refractivity contribution < 1.29 is 23.5 Å². The van der Waals surface area contributed by atoms with E-state index in [-0.39, 0.29) is 17.9 Å². The lowest BCUT2D eigenvalue weighted by Gasteiger charge is -2.19. The second kappa shape index (κ2) is 6.36. The molecule has 0 saturated heterocycles. The monoisotopic (exact) mass is 283 g/mol. The molecule has 1 amide bonds. The van der Waals surface area contributed by atoms with Crippen LogP contribution in [-0.4, -0.2) is 31.1 Å². The zero-order chi connectivity index (χ0) is 15.3. The van der Waals surface area contributed by atoms with Crippen molar-refractivity contribution in [2.24, 2.45) is 0 Å². The predicted molar refractivity (Wildman–Crippen MR) is 71.1 cm³/mol. The van der Waals surface area contributed by atoms with Gasteiger partial charge in [-0.1, -0.05) is 0 Å². The molecule has 1 aromatic carbocycles. The number of carbonyl (C=O) groups is 2. The second-order valence-corrected chi connectivity index (χ2v) is 5.11. The van der Waals surface area contributed by atoms with Gasteiger partial charge in [0, 0.05) is 0 Å². The minimum Gasteiger partial charge on any atom is -0.496 e. The van der Waals surface area contributed by atoms with Crippen LogP contribution in [0, 0.1) is 5.82 Å². The molecule has 0 bridgehead atoms. The van der Waals surface area contributed by atoms with Crippen LogP contribution in [0.3, 0.4) is 0 Å². The predicted octanol–water partition coefficient (Wildman–Crippen LogP) is 1.91. The van der Waals surface area contributed by atoms with Crippen LogP contribution in [0.1, 0.15) is 31.1 Å². The molecule has 6 heteroatoms. The Morgan fingerprint density at radius 3 is 2.50 bits per heavy atom. The van der Waals surface area contributed by atoms with Gasteiger partial charge in [-0.3, -0.25) is 9.59 Å². The fraction of sp³-hybridized carbons (Fsp3) is 0.429. The van der Waals surface area contributed by atoms with Crippen LogP contribution >= 0.6 is 0 Å². The molecule has 0 fully saturated rings. The Balaban J connectivity index is 2.68. The number of amides is 1. The first-order valence-electron chi connectivity index (χ1n) is 6.06. The zero-order valence-corrected chi connectivity index (χ0v) is 12.0. The summed E-state index contributed by atoms with van der Waals surface area (Å²) < 4.78 is 23.1. The van der Waals surface area contributed by atoms with E-state index in [0.29, 0.717) is 0 Å². The minimum atomic E-state index is -0.627. The van der Waals surface area contributed by atoms with Crippen molar-refractivity contribution in [3.63, 3.8) is 0 Å². The van der Waals surface area contributed by atoms with Gasteiger partial charge in [-0.15, -0.1) is 0 Å². The first kappa shape index (κ1) is 15.9. The molecule has 1 aromatic rings. The molecule has 0 atom stereocenters. The summed E-state index contributed by atoms with van der Waals surface area (Å²) in [5.41, 5.74) is -0.603. The molecule has 0 heterocycles. The summed E-state index contributed by atoms with van der Waals surface area (Å²) in [6.07, 6.45) is 0. The molecule has 0 unspecified atom stereocenters. The summed E-state index contributed by atoms with van der Waals surface area (Å²) in [7, 11) is 1.37. The third kappa shape index (κ3) is 4.87. The Hall–Kier alpha value is -2.11. The lowest BCUT2D eigenvalue weighted by Crippen LogP contribution is -2.34. The Morgan fingerprint density at radius 2 is 1.95 bits per heavy atom. The molecule has 0 spiro atoms. The summed E-state index contributed by atoms with van der Waals surface area (Å²) in [4.78, 5) is 23.4. The summed E-state index contributed by atoms with van der Waals surface area (Å²) in [5, 5.41) is 2.36. The normalized spacial score (nSPS) is 10.8. The Morgan fingerprint density at radius 1 is 1.30 bits per heavy atom. The molecule has 5 nitrogen and oxygen atoms in total. The highest BCUT2D eigenvalue weighted by Crippen LogP contribution is 2.19. The topological polar surface area (TPSA) is 64.6 Å². The molecule has 0 aromatic heterocycles. The number of hydrogen-bond acceptors (Lipinski definition) is 4. The molecule has 20 heavy (non-hydrogen) atoms. The Bertz CT molecular complexity index is 508. The average molecular weight is 283 g/mol. The highest BCUT2D eigenvalue weighted by molar-refractivity contribution is 5.98. The van der Waals surface area contributed by atoms with E-state index in [4.69, 9.17) is 9.47 Å². The van der Waals surface area contributed by atoms with Crippen LogP contribution < -0.4 is 10.1 Å². The fourth-order valence-corrected chi connectivity index (χ4v) is 1.48. The Labute approximate surface area is 117 Å². The van der Waals surface area contributed by atoms with E-state index in [0.717, 1.165) is 6.07 Å². The number of esters is 1. The maximum Gasteiger partial charge on any atom is 0.325 e. The van der Waals surface area contributed by atoms with Crippen molar-refractivity contribution in [2.45, 2.75) is 26.4 Å². The molecule has 0 aliphatic heterocycles. The fourth-order valence-electron chi connectivity index (χ4n) is 1.48. The molecular weight excluding hydrogens is 265 g/mol. The van der Waals surface area contributed by atoms with Gasteiger partial charge in [0.1, 0.15) is 23.7 Å². The lowest BCUT2D eigenvalue weighted by atomic mass is 10.2. The molecular formula is C14H18FNO4. The number of hydrogen-bond donors (Lipinski definition) is 1. The van der Waals surface area contributed by atoms with E-state index in [2.05, 4.69) is 5.32 Å². The Kier molecular flexibility index (Phi) is 5.07. The highest BCUT2D eigenvalue weighted by atomic mass is 19.1. The molecule has 0 aliphatic rings. The van der Waals surface area contributed by atoms with E-state index in [9.17, 15) is 14.0 Å². The lowest BCUT2D eigenvalue weighted by molar-refractivity contribution is -0.153. The van der Waals surface area contributed by atoms with Crippen LogP contribution in [0.4, 0.5) is 4.39 Å². The maximum absolute atomic E-state index is 13.1. The molecule has 110 valence electrons. The van der Waals surface area contributed by atoms with Gasteiger partial charge in [0.05, 0.1) is 12.7 Å². The third-order valence-electron chi connectivity index (χ3n) is 2.22. The van der Waals surface area contributed by atoms with Gasteiger partial charge in [0.25, 0.3) is 5.91 Å². The van der Waals surface area contributed by atoms with Gasteiger partial charge in [-0.25, -0.2) is 4.39 Å². The summed E-state index contributed by atoms with van der Waals surface area (Å²) in [6.45, 7) is 4.88. The summed E-state index contributed by atoms with van der Waals surface area (Å²) >= 11 is 0. The van der Waals surface area contributed by atoms with Gasteiger partial charge in [0.15, 0.2) is 0 Å². The summed E-state index contributed by atoms with van der Waals surface area (Å²) in [5.74, 6) is -1.50. The third-order valence-corrected chi connectivity index (χ3v) is 2.22. The molecule has 0 radical (unpaired) electrons. The van der Waals surface area contributed by atoms with Crippen molar-refractivity contribution >= 4 is 11.9 Å². The van der Waals surface area contributed by atoms with Crippen molar-refractivity contribution in [1.29, 1.82) is 0 Å². The van der Waals surface area contributed by atoms with Gasteiger partial charge >= 0.3 is 5.97 Å². The zero-order valence-electron chi connectivity index (χ0n) is 12.0. The minimum absolute atomic E-state index is 0.0241. The quantitative estimate of drug-likeness (QED) is 0.857. The van der Waals surface area contributed by atoms with Gasteiger partial charge in [0.2, 0.25) is 0 Å². The smallest absolute Gasteiger partial charge is 0.325 e.